The van der Waals surface area contributed by atoms with Gasteiger partial charge >= 0.3 is 5.97 Å². The molecule has 1 aliphatic rings. The second-order valence-electron chi connectivity index (χ2n) is 14.8. The number of carbonyl (C=O) groups is 3. The predicted molar refractivity (Wildman–Crippen MR) is 228 cm³/mol. The third-order valence-electron chi connectivity index (χ3n) is 10.5. The Labute approximate surface area is 347 Å². The van der Waals surface area contributed by atoms with Crippen LogP contribution in [0.5, 0.6) is 0 Å². The van der Waals surface area contributed by atoms with Crippen molar-refractivity contribution in [3.63, 3.8) is 0 Å². The van der Waals surface area contributed by atoms with Crippen molar-refractivity contribution >= 4 is 51.0 Å². The number of carboxylic acids is 1. The second-order valence-corrected chi connectivity index (χ2v) is 16.2. The van der Waals surface area contributed by atoms with E-state index in [1.54, 1.807) is 18.2 Å². The molecule has 0 saturated carbocycles. The summed E-state index contributed by atoms with van der Waals surface area (Å²) in [7, 11) is -4.41. The number of fused-ring (bicyclic) bond motifs is 3. The Hall–Kier alpha value is -6.71. The lowest BCUT2D eigenvalue weighted by molar-refractivity contribution is -0.137. The zero-order chi connectivity index (χ0) is 42.1. The molecule has 2 aromatic heterocycles. The van der Waals surface area contributed by atoms with Gasteiger partial charge in [-0.3, -0.25) is 24.4 Å². The molecule has 60 heavy (non-hydrogen) atoms. The highest BCUT2D eigenvalue weighted by Gasteiger charge is 2.26. The van der Waals surface area contributed by atoms with Crippen molar-refractivity contribution in [2.24, 2.45) is 5.10 Å². The van der Waals surface area contributed by atoms with Gasteiger partial charge in [-0.15, -0.1) is 0 Å². The first kappa shape index (κ1) is 41.4. The van der Waals surface area contributed by atoms with E-state index in [1.807, 2.05) is 71.6 Å². The minimum atomic E-state index is -4.41. The first-order valence-electron chi connectivity index (χ1n) is 19.8. The topological polar surface area (TPSA) is 207 Å². The average Bonchev–Trinajstić information content (AvgIpc) is 3.58. The maximum atomic E-state index is 14.3. The van der Waals surface area contributed by atoms with Gasteiger partial charge < -0.3 is 20.3 Å². The number of para-hydroxylation sites is 2. The van der Waals surface area contributed by atoms with E-state index in [1.165, 1.54) is 30.6 Å². The number of aromatic amines is 1. The number of aliphatic carboxylic acids is 1. The lowest BCUT2D eigenvalue weighted by atomic mass is 9.89. The number of nitrogens with one attached hydrogen (secondary N) is 3. The summed E-state index contributed by atoms with van der Waals surface area (Å²) in [5.41, 5.74) is 9.76. The van der Waals surface area contributed by atoms with Crippen molar-refractivity contribution in [2.45, 2.75) is 62.3 Å². The Morgan fingerprint density at radius 1 is 0.867 bits per heavy atom. The van der Waals surface area contributed by atoms with Crippen LogP contribution in [0.3, 0.4) is 0 Å². The minimum absolute atomic E-state index is 0.0415. The van der Waals surface area contributed by atoms with Crippen molar-refractivity contribution < 1.29 is 32.5 Å². The highest BCUT2D eigenvalue weighted by molar-refractivity contribution is 7.86. The number of anilines is 1. The number of hydrogen-bond donors (Lipinski definition) is 5. The molecule has 1 aliphatic carbocycles. The number of pyridine rings is 1. The smallest absolute Gasteiger partial charge is 0.303 e. The van der Waals surface area contributed by atoms with Crippen LogP contribution in [0, 0.1) is 0 Å². The third-order valence-corrected chi connectivity index (χ3v) is 11.5. The Bertz CT molecular complexity index is 2610. The molecule has 0 aliphatic heterocycles. The van der Waals surface area contributed by atoms with Crippen molar-refractivity contribution in [2.75, 3.05) is 18.5 Å². The molecule has 14 nitrogen and oxygen atoms in total. The summed E-state index contributed by atoms with van der Waals surface area (Å²) < 4.78 is 32.6. The molecule has 2 heterocycles. The predicted octanol–water partition coefficient (Wildman–Crippen LogP) is 6.99. The number of aromatic nitrogens is 3. The number of unbranched alkanes of at least 4 members (excludes halogenated alkanes) is 3. The summed E-state index contributed by atoms with van der Waals surface area (Å²) in [6.45, 7) is 1.27. The Morgan fingerprint density at radius 2 is 1.63 bits per heavy atom. The summed E-state index contributed by atoms with van der Waals surface area (Å²) >= 11 is 0. The zero-order valence-electron chi connectivity index (χ0n) is 32.8. The van der Waals surface area contributed by atoms with Crippen molar-refractivity contribution in [1.29, 1.82) is 0 Å². The molecule has 5 N–H and O–H groups in total. The lowest BCUT2D eigenvalue weighted by Crippen LogP contribution is -2.32. The van der Waals surface area contributed by atoms with Gasteiger partial charge in [-0.1, -0.05) is 73.5 Å². The van der Waals surface area contributed by atoms with Crippen LogP contribution in [0.15, 0.2) is 119 Å². The van der Waals surface area contributed by atoms with E-state index in [0.717, 1.165) is 59.0 Å². The van der Waals surface area contributed by atoms with Crippen LogP contribution in [-0.2, 0) is 34.3 Å². The third kappa shape index (κ3) is 10.5. The van der Waals surface area contributed by atoms with E-state index in [4.69, 9.17) is 4.98 Å². The molecule has 15 heteroatoms. The first-order chi connectivity index (χ1) is 29.0. The van der Waals surface area contributed by atoms with E-state index >= 15 is 0 Å². The van der Waals surface area contributed by atoms with Crippen molar-refractivity contribution in [3.8, 4) is 0 Å². The van der Waals surface area contributed by atoms with E-state index in [2.05, 4.69) is 25.8 Å². The molecule has 7 rings (SSSR count). The maximum absolute atomic E-state index is 14.3. The van der Waals surface area contributed by atoms with E-state index in [-0.39, 0.29) is 34.6 Å². The average molecular weight is 828 g/mol. The Kier molecular flexibility index (Phi) is 13.1. The molecular weight excluding hydrogens is 783 g/mol. The lowest BCUT2D eigenvalue weighted by Gasteiger charge is -2.23. The number of hydrazone groups is 1. The minimum Gasteiger partial charge on any atom is -0.481 e. The molecule has 0 unspecified atom stereocenters. The monoisotopic (exact) mass is 827 g/mol. The van der Waals surface area contributed by atoms with E-state index in [0.29, 0.717) is 55.2 Å². The number of amides is 2. The van der Waals surface area contributed by atoms with Crippen LogP contribution in [-0.4, -0.2) is 75.0 Å². The van der Waals surface area contributed by atoms with E-state index in [9.17, 15) is 32.5 Å². The summed E-state index contributed by atoms with van der Waals surface area (Å²) in [5, 5.41) is 16.6. The number of benzene rings is 4. The highest BCUT2D eigenvalue weighted by atomic mass is 32.2. The van der Waals surface area contributed by atoms with Crippen LogP contribution in [0.1, 0.15) is 92.4 Å². The molecule has 4 aromatic carbocycles. The normalized spacial score (nSPS) is 13.7. The molecule has 308 valence electrons. The maximum Gasteiger partial charge on any atom is 0.303 e. The zero-order valence-corrected chi connectivity index (χ0v) is 33.6. The molecule has 0 spiro atoms. The van der Waals surface area contributed by atoms with E-state index < -0.39 is 16.1 Å². The van der Waals surface area contributed by atoms with Gasteiger partial charge in [0.2, 0.25) is 0 Å². The fourth-order valence-electron chi connectivity index (χ4n) is 7.56. The quantitative estimate of drug-likeness (QED) is 0.0276. The van der Waals surface area contributed by atoms with Crippen LogP contribution < -0.4 is 10.7 Å². The Morgan fingerprint density at radius 3 is 2.43 bits per heavy atom. The molecule has 6 aromatic rings. The number of imidazole rings is 1. The Balaban J connectivity index is 0.925. The molecule has 0 fully saturated rings. The number of rotatable bonds is 17. The van der Waals surface area contributed by atoms with Gasteiger partial charge in [0.05, 0.1) is 35.8 Å². The van der Waals surface area contributed by atoms with Crippen LogP contribution >= 0.6 is 0 Å². The fourth-order valence-corrected chi connectivity index (χ4v) is 8.22. The summed E-state index contributed by atoms with van der Waals surface area (Å²) in [6, 6.07) is 30.6. The first-order valence-corrected chi connectivity index (χ1v) is 21.2. The summed E-state index contributed by atoms with van der Waals surface area (Å²) in [5.74, 6) is -0.326. The van der Waals surface area contributed by atoms with Gasteiger partial charge in [-0.05, 0) is 96.3 Å². The van der Waals surface area contributed by atoms with Crippen LogP contribution in [0.4, 0.5) is 5.82 Å². The highest BCUT2D eigenvalue weighted by Crippen LogP contribution is 2.34. The molecular formula is C45H45N7O7S. The van der Waals surface area contributed by atoms with Gasteiger partial charge in [0.1, 0.15) is 16.5 Å². The number of carboxylic acid groups (broad SMARTS) is 1. The van der Waals surface area contributed by atoms with Crippen LogP contribution in [0.25, 0.3) is 11.0 Å². The number of nitrogens with zero attached hydrogens (tertiary/aromatic N) is 4. The summed E-state index contributed by atoms with van der Waals surface area (Å²) in [6.07, 6.45) is 7.07. The van der Waals surface area contributed by atoms with Crippen molar-refractivity contribution in [3.05, 3.63) is 154 Å². The fraction of sp³-hybridized carbons (Fsp3) is 0.244. The molecule has 2 amide bonds. The number of carbonyl (C=O) groups excluding carboxylic acids is 2. The molecule has 0 radical (unpaired) electrons. The van der Waals surface area contributed by atoms with Crippen LogP contribution in [0.2, 0.25) is 0 Å². The SMILES string of the molecule is O=C(O)C[C@@H]1Cc2ccc(C(=O)N(CCCCCCNC(=O)c3ccc(N/N=C/c4ccccc4S(=O)(=O)O)nc3)Cc3nc4ccccc4[nH]3)cc2Cc2ccccc21. The number of H-pyrrole nitrogens is 1. The van der Waals surface area contributed by atoms with Gasteiger partial charge in [0.15, 0.2) is 0 Å². The van der Waals surface area contributed by atoms with Gasteiger partial charge in [0.25, 0.3) is 21.9 Å². The van der Waals surface area contributed by atoms with Gasteiger partial charge in [-0.2, -0.15) is 13.5 Å². The molecule has 1 atom stereocenters. The largest absolute Gasteiger partial charge is 0.481 e. The molecule has 0 bridgehead atoms. The van der Waals surface area contributed by atoms with Gasteiger partial charge in [-0.25, -0.2) is 9.97 Å². The van der Waals surface area contributed by atoms with Gasteiger partial charge in [0, 0.05) is 30.4 Å². The van der Waals surface area contributed by atoms with Crippen molar-refractivity contribution in [1.82, 2.24) is 25.2 Å². The standard InChI is InChI=1S/C45H45N7O7S/c53-43(54)26-36-23-30-17-18-32(25-35(30)24-31-11-3-5-13-37(31)36)45(56)52(29-42-49-38-14-6-7-15-39(38)50-42)22-10-2-1-9-21-46-44(55)34-19-20-41(47-27-34)51-48-28-33-12-4-8-16-40(33)60(57,58)59/h3-8,11-20,25,27-28,36H,1-2,9-10,21-24,26,29H2,(H,46,55)(H,47,51)(H,49,50)(H,53,54)(H,57,58,59)/b48-28+/t36-/m0/s1. The molecule has 0 saturated heterocycles. The second kappa shape index (κ2) is 18.9. The summed E-state index contributed by atoms with van der Waals surface area (Å²) in [4.78, 5) is 52.7. The number of hydrogen-bond acceptors (Lipinski definition) is 9.